The molecule has 0 amide bonds. The summed E-state index contributed by atoms with van der Waals surface area (Å²) in [5.74, 6) is 0. The van der Waals surface area contributed by atoms with Crippen molar-refractivity contribution in [1.82, 2.24) is 0 Å². The van der Waals surface area contributed by atoms with Crippen LogP contribution in [-0.2, 0) is 21.6 Å². The van der Waals surface area contributed by atoms with E-state index < -0.39 is 21.6 Å². The highest BCUT2D eigenvalue weighted by Gasteiger charge is 2.05. The van der Waals surface area contributed by atoms with Gasteiger partial charge in [-0.25, -0.2) is 8.42 Å². The van der Waals surface area contributed by atoms with Gasteiger partial charge in [-0.3, -0.25) is 0 Å². The Morgan fingerprint density at radius 3 is 0.679 bits per heavy atom. The maximum Gasteiger partial charge on any atom is 0.0849 e. The first-order valence-corrected chi connectivity index (χ1v) is 11.1. The van der Waals surface area contributed by atoms with Crippen LogP contribution in [0, 0.1) is 0 Å². The summed E-state index contributed by atoms with van der Waals surface area (Å²) in [6.07, 6.45) is 0. The molecule has 0 atom stereocenters. The lowest BCUT2D eigenvalue weighted by Gasteiger charge is -2.00. The summed E-state index contributed by atoms with van der Waals surface area (Å²) in [6, 6.07) is 37.9. The van der Waals surface area contributed by atoms with Crippen LogP contribution in [0.5, 0.6) is 0 Å². The highest BCUT2D eigenvalue weighted by molar-refractivity contribution is 7.85. The first-order chi connectivity index (χ1) is 13.8. The third kappa shape index (κ3) is 5.59. The van der Waals surface area contributed by atoms with E-state index in [9.17, 15) is 8.42 Å². The summed E-state index contributed by atoms with van der Waals surface area (Å²) in [7, 11) is -2.09. The second-order valence-corrected chi connectivity index (χ2v) is 8.75. The molecule has 0 aliphatic heterocycles. The van der Waals surface area contributed by atoms with Gasteiger partial charge in [-0.2, -0.15) is 0 Å². The molecule has 0 heterocycles. The molecule has 2 nitrogen and oxygen atoms in total. The highest BCUT2D eigenvalue weighted by Crippen LogP contribution is 2.15. The van der Waals surface area contributed by atoms with Crippen LogP contribution in [0.4, 0.5) is 0 Å². The van der Waals surface area contributed by atoms with E-state index in [4.69, 9.17) is 0 Å². The predicted molar refractivity (Wildman–Crippen MR) is 115 cm³/mol. The lowest BCUT2D eigenvalue weighted by atomic mass is 10.4. The first kappa shape index (κ1) is 19.9. The van der Waals surface area contributed by atoms with Gasteiger partial charge < -0.3 is 0 Å². The average molecular weight is 405 g/mol. The van der Waals surface area contributed by atoms with E-state index in [1.807, 2.05) is 121 Å². The Kier molecular flexibility index (Phi) is 7.47. The molecule has 0 saturated heterocycles. The van der Waals surface area contributed by atoms with Gasteiger partial charge in [-0.15, -0.1) is 0 Å². The zero-order valence-electron chi connectivity index (χ0n) is 15.2. The molecular formula is C24H20O2S2. The highest BCUT2D eigenvalue weighted by atomic mass is 32.2. The fraction of sp³-hybridized carbons (Fsp3) is 0. The van der Waals surface area contributed by atoms with Gasteiger partial charge in [0.25, 0.3) is 0 Å². The van der Waals surface area contributed by atoms with E-state index in [1.165, 1.54) is 0 Å². The summed E-state index contributed by atoms with van der Waals surface area (Å²) in [5.41, 5.74) is 0. The van der Waals surface area contributed by atoms with Gasteiger partial charge in [-0.05, 0) is 48.5 Å². The smallest absolute Gasteiger partial charge is 0.0849 e. The van der Waals surface area contributed by atoms with Gasteiger partial charge in [-0.1, -0.05) is 72.8 Å². The Balaban J connectivity index is 0.000000161. The van der Waals surface area contributed by atoms with Crippen molar-refractivity contribution in [3.8, 4) is 0 Å². The summed E-state index contributed by atoms with van der Waals surface area (Å²) in [6.45, 7) is 0. The Hall–Kier alpha value is -2.82. The maximum atomic E-state index is 12.0. The van der Waals surface area contributed by atoms with E-state index in [0.29, 0.717) is 0 Å². The van der Waals surface area contributed by atoms with Crippen LogP contribution >= 0.6 is 0 Å². The van der Waals surface area contributed by atoms with Crippen molar-refractivity contribution in [2.75, 3.05) is 0 Å². The third-order valence-corrected chi connectivity index (χ3v) is 6.63. The molecular weight excluding hydrogens is 384 g/mol. The van der Waals surface area contributed by atoms with Crippen molar-refractivity contribution >= 4 is 21.6 Å². The SMILES string of the molecule is O=S(c1ccccc1)c1ccccc1.O=S(c1ccccc1)c1ccccc1. The van der Waals surface area contributed by atoms with Gasteiger partial charge in [0, 0.05) is 19.6 Å². The molecule has 28 heavy (non-hydrogen) atoms. The second kappa shape index (κ2) is 10.5. The van der Waals surface area contributed by atoms with Crippen LogP contribution in [0.25, 0.3) is 0 Å². The van der Waals surface area contributed by atoms with Gasteiger partial charge in [0.2, 0.25) is 0 Å². The van der Waals surface area contributed by atoms with Crippen molar-refractivity contribution in [1.29, 1.82) is 0 Å². The molecule has 4 rings (SSSR count). The average Bonchev–Trinajstić information content (AvgIpc) is 2.81. The van der Waals surface area contributed by atoms with Crippen molar-refractivity contribution in [3.05, 3.63) is 121 Å². The van der Waals surface area contributed by atoms with Gasteiger partial charge in [0.15, 0.2) is 0 Å². The fourth-order valence-electron chi connectivity index (χ4n) is 2.45. The quantitative estimate of drug-likeness (QED) is 0.437. The van der Waals surface area contributed by atoms with E-state index >= 15 is 0 Å². The van der Waals surface area contributed by atoms with Gasteiger partial charge in [0.1, 0.15) is 0 Å². The summed E-state index contributed by atoms with van der Waals surface area (Å²) in [4.78, 5) is 3.38. The minimum absolute atomic E-state index is 0.846. The Morgan fingerprint density at radius 2 is 0.500 bits per heavy atom. The molecule has 0 spiro atoms. The van der Waals surface area contributed by atoms with Crippen LogP contribution < -0.4 is 0 Å². The molecule has 4 aromatic rings. The molecule has 0 aromatic heterocycles. The monoisotopic (exact) mass is 404 g/mol. The van der Waals surface area contributed by atoms with E-state index in [-0.39, 0.29) is 0 Å². The Morgan fingerprint density at radius 1 is 0.321 bits per heavy atom. The number of rotatable bonds is 4. The van der Waals surface area contributed by atoms with Crippen LogP contribution in [0.15, 0.2) is 141 Å². The van der Waals surface area contributed by atoms with Crippen molar-refractivity contribution in [3.63, 3.8) is 0 Å². The van der Waals surface area contributed by atoms with E-state index in [2.05, 4.69) is 0 Å². The number of hydrogen-bond donors (Lipinski definition) is 0. The zero-order valence-corrected chi connectivity index (χ0v) is 16.8. The second-order valence-electron chi connectivity index (χ2n) is 5.79. The Labute approximate surface area is 170 Å². The molecule has 0 aliphatic rings. The predicted octanol–water partition coefficient (Wildman–Crippen LogP) is 5.71. The molecule has 0 radical (unpaired) electrons. The van der Waals surface area contributed by atoms with Gasteiger partial charge >= 0.3 is 0 Å². The minimum atomic E-state index is -1.05. The van der Waals surface area contributed by atoms with E-state index in [1.54, 1.807) is 0 Å². The largest absolute Gasteiger partial charge is 0.249 e. The van der Waals surface area contributed by atoms with Crippen molar-refractivity contribution in [2.45, 2.75) is 19.6 Å². The summed E-state index contributed by atoms with van der Waals surface area (Å²) in [5, 5.41) is 0. The van der Waals surface area contributed by atoms with Crippen molar-refractivity contribution in [2.24, 2.45) is 0 Å². The molecule has 0 aliphatic carbocycles. The first-order valence-electron chi connectivity index (χ1n) is 8.79. The third-order valence-electron chi connectivity index (χ3n) is 3.83. The zero-order chi connectivity index (χ0) is 19.6. The van der Waals surface area contributed by atoms with Crippen LogP contribution in [0.2, 0.25) is 0 Å². The molecule has 0 N–H and O–H groups in total. The maximum absolute atomic E-state index is 12.0. The van der Waals surface area contributed by atoms with Gasteiger partial charge in [0.05, 0.1) is 21.6 Å². The molecule has 0 unspecified atom stereocenters. The summed E-state index contributed by atoms with van der Waals surface area (Å²) >= 11 is 0. The number of benzene rings is 4. The fourth-order valence-corrected chi connectivity index (χ4v) is 4.61. The molecule has 140 valence electrons. The number of hydrogen-bond acceptors (Lipinski definition) is 2. The molecule has 0 fully saturated rings. The molecule has 0 bridgehead atoms. The lowest BCUT2D eigenvalue weighted by Crippen LogP contribution is -1.91. The van der Waals surface area contributed by atoms with E-state index in [0.717, 1.165) is 19.6 Å². The van der Waals surface area contributed by atoms with Crippen LogP contribution in [0.1, 0.15) is 0 Å². The molecule has 4 heteroatoms. The van der Waals surface area contributed by atoms with Crippen molar-refractivity contribution < 1.29 is 8.42 Å². The molecule has 0 saturated carbocycles. The summed E-state index contributed by atoms with van der Waals surface area (Å²) < 4.78 is 23.9. The normalized spacial score (nSPS) is 10.4. The standard InChI is InChI=1S/2C12H10OS/c2*13-14(11-7-3-1-4-8-11)12-9-5-2-6-10-12/h2*1-10H. The lowest BCUT2D eigenvalue weighted by molar-refractivity contribution is 0.682. The van der Waals surface area contributed by atoms with Crippen LogP contribution in [0.3, 0.4) is 0 Å². The minimum Gasteiger partial charge on any atom is -0.249 e. The van der Waals surface area contributed by atoms with Crippen LogP contribution in [-0.4, -0.2) is 8.42 Å². The Bertz CT molecular complexity index is 849. The topological polar surface area (TPSA) is 34.1 Å². The molecule has 4 aromatic carbocycles.